The summed E-state index contributed by atoms with van der Waals surface area (Å²) in [6.45, 7) is 3.67. The molecule has 2 aromatic rings. The van der Waals surface area contributed by atoms with Gasteiger partial charge in [-0.1, -0.05) is 12.1 Å². The standard InChI is InChI=1S/C21H24F3N3O3S2/c1-32(28,29)16-4-2-3-15(13-16)18-5-6-19(31-18)17(14-20(25)21(22,23)24)26-7-8-27-9-11-30-12-10-27/h2-6,13-14H,7-12,25H2,1H3. The molecule has 1 fully saturated rings. The third kappa shape index (κ3) is 6.64. The Morgan fingerprint density at radius 2 is 1.97 bits per heavy atom. The highest BCUT2D eigenvalue weighted by atomic mass is 32.2. The Bertz CT molecular complexity index is 1100. The van der Waals surface area contributed by atoms with Crippen LogP contribution in [-0.4, -0.2) is 70.9 Å². The van der Waals surface area contributed by atoms with E-state index in [2.05, 4.69) is 9.89 Å². The van der Waals surface area contributed by atoms with Crippen molar-refractivity contribution in [3.63, 3.8) is 0 Å². The number of aliphatic imine (C=N–C) groups is 1. The predicted molar refractivity (Wildman–Crippen MR) is 120 cm³/mol. The number of thiophene rings is 1. The number of morpholine rings is 1. The number of benzene rings is 1. The first-order chi connectivity index (χ1) is 15.0. The first-order valence-corrected chi connectivity index (χ1v) is 12.5. The molecule has 1 aromatic heterocycles. The quantitative estimate of drug-likeness (QED) is 0.606. The summed E-state index contributed by atoms with van der Waals surface area (Å²) in [6.07, 6.45) is -2.69. The molecule has 2 heterocycles. The van der Waals surface area contributed by atoms with Gasteiger partial charge in [-0.3, -0.25) is 9.89 Å². The van der Waals surface area contributed by atoms with E-state index in [9.17, 15) is 21.6 Å². The molecule has 1 saturated heterocycles. The normalized spacial score (nSPS) is 17.0. The van der Waals surface area contributed by atoms with Crippen molar-refractivity contribution >= 4 is 26.9 Å². The maximum Gasteiger partial charge on any atom is 0.430 e. The van der Waals surface area contributed by atoms with Crippen LogP contribution >= 0.6 is 11.3 Å². The minimum Gasteiger partial charge on any atom is -0.395 e. The second-order valence-corrected chi connectivity index (χ2v) is 10.4. The van der Waals surface area contributed by atoms with E-state index >= 15 is 0 Å². The van der Waals surface area contributed by atoms with Crippen molar-refractivity contribution in [3.8, 4) is 10.4 Å². The smallest absolute Gasteiger partial charge is 0.395 e. The van der Waals surface area contributed by atoms with Crippen molar-refractivity contribution in [2.45, 2.75) is 11.1 Å². The molecule has 0 bridgehead atoms. The molecule has 0 radical (unpaired) electrons. The van der Waals surface area contributed by atoms with Gasteiger partial charge in [0.05, 0.1) is 35.2 Å². The lowest BCUT2D eigenvalue weighted by Gasteiger charge is -2.25. The van der Waals surface area contributed by atoms with Crippen molar-refractivity contribution in [1.82, 2.24) is 4.90 Å². The highest BCUT2D eigenvalue weighted by Crippen LogP contribution is 2.31. The molecule has 6 nitrogen and oxygen atoms in total. The Hall–Kier alpha value is -2.21. The highest BCUT2D eigenvalue weighted by molar-refractivity contribution is 7.90. The minimum absolute atomic E-state index is 0.142. The Balaban J connectivity index is 1.88. The van der Waals surface area contributed by atoms with Crippen LogP contribution in [0.1, 0.15) is 4.88 Å². The molecule has 0 amide bonds. The fraction of sp³-hybridized carbons (Fsp3) is 0.381. The van der Waals surface area contributed by atoms with Gasteiger partial charge in [0.15, 0.2) is 9.84 Å². The van der Waals surface area contributed by atoms with Crippen LogP contribution in [0.5, 0.6) is 0 Å². The number of nitrogens with two attached hydrogens (primary N) is 1. The van der Waals surface area contributed by atoms with Gasteiger partial charge in [-0.15, -0.1) is 11.3 Å². The third-order valence-electron chi connectivity index (χ3n) is 4.83. The molecule has 0 unspecified atom stereocenters. The SMILES string of the molecule is CS(=O)(=O)c1cccc(-c2ccc(C(C=C(N)C(F)(F)F)=NCCN3CCOCC3)s2)c1. The van der Waals surface area contributed by atoms with Crippen LogP contribution in [0.3, 0.4) is 0 Å². The number of halogens is 3. The average molecular weight is 488 g/mol. The molecule has 1 aliphatic rings. The van der Waals surface area contributed by atoms with E-state index in [1.807, 2.05) is 0 Å². The fourth-order valence-electron chi connectivity index (χ4n) is 3.07. The summed E-state index contributed by atoms with van der Waals surface area (Å²) in [6, 6.07) is 9.82. The Kier molecular flexibility index (Phi) is 7.75. The highest BCUT2D eigenvalue weighted by Gasteiger charge is 2.32. The van der Waals surface area contributed by atoms with Crippen molar-refractivity contribution in [2.24, 2.45) is 10.7 Å². The largest absolute Gasteiger partial charge is 0.430 e. The maximum atomic E-state index is 13.0. The number of rotatable bonds is 7. The van der Waals surface area contributed by atoms with E-state index < -0.39 is 21.7 Å². The van der Waals surface area contributed by atoms with Crippen molar-refractivity contribution in [2.75, 3.05) is 45.6 Å². The molecule has 11 heteroatoms. The van der Waals surface area contributed by atoms with Gasteiger partial charge in [0.1, 0.15) is 5.70 Å². The Labute approximate surface area is 189 Å². The number of hydrogen-bond donors (Lipinski definition) is 1. The van der Waals surface area contributed by atoms with Crippen LogP contribution in [0.25, 0.3) is 10.4 Å². The lowest BCUT2D eigenvalue weighted by atomic mass is 10.2. The molecular formula is C21H24F3N3O3S2. The van der Waals surface area contributed by atoms with Gasteiger partial charge in [-0.25, -0.2) is 8.42 Å². The summed E-state index contributed by atoms with van der Waals surface area (Å²) in [4.78, 5) is 7.93. The van der Waals surface area contributed by atoms with Crippen molar-refractivity contribution in [3.05, 3.63) is 53.0 Å². The number of ether oxygens (including phenoxy) is 1. The molecule has 0 spiro atoms. The summed E-state index contributed by atoms with van der Waals surface area (Å²) < 4.78 is 68.1. The summed E-state index contributed by atoms with van der Waals surface area (Å²) in [5.41, 5.74) is 4.83. The second-order valence-electron chi connectivity index (χ2n) is 7.28. The van der Waals surface area contributed by atoms with E-state index in [4.69, 9.17) is 10.5 Å². The molecule has 2 N–H and O–H groups in total. The van der Waals surface area contributed by atoms with Crippen LogP contribution in [0.2, 0.25) is 0 Å². The van der Waals surface area contributed by atoms with Gasteiger partial charge in [-0.05, 0) is 35.9 Å². The van der Waals surface area contributed by atoms with E-state index in [0.717, 1.165) is 25.4 Å². The van der Waals surface area contributed by atoms with E-state index in [1.165, 1.54) is 17.4 Å². The van der Waals surface area contributed by atoms with Crippen LogP contribution < -0.4 is 5.73 Å². The predicted octanol–water partition coefficient (Wildman–Crippen LogP) is 3.34. The van der Waals surface area contributed by atoms with E-state index in [-0.39, 0.29) is 10.6 Å². The zero-order valence-corrected chi connectivity index (χ0v) is 19.1. The zero-order chi connectivity index (χ0) is 23.4. The summed E-state index contributed by atoms with van der Waals surface area (Å²) in [5, 5.41) is 0. The summed E-state index contributed by atoms with van der Waals surface area (Å²) in [7, 11) is -3.38. The van der Waals surface area contributed by atoms with Crippen LogP contribution in [0.4, 0.5) is 13.2 Å². The summed E-state index contributed by atoms with van der Waals surface area (Å²) in [5.74, 6) is 0. The zero-order valence-electron chi connectivity index (χ0n) is 17.4. The van der Waals surface area contributed by atoms with Gasteiger partial charge in [0.25, 0.3) is 0 Å². The molecule has 3 rings (SSSR count). The van der Waals surface area contributed by atoms with Gasteiger partial charge in [-0.2, -0.15) is 13.2 Å². The third-order valence-corrected chi connectivity index (χ3v) is 7.09. The minimum atomic E-state index is -4.66. The fourth-order valence-corrected chi connectivity index (χ4v) is 4.72. The Morgan fingerprint density at radius 1 is 1.25 bits per heavy atom. The maximum absolute atomic E-state index is 13.0. The number of alkyl halides is 3. The monoisotopic (exact) mass is 487 g/mol. The number of nitrogens with zero attached hydrogens (tertiary/aromatic N) is 2. The average Bonchev–Trinajstić information content (AvgIpc) is 3.23. The van der Waals surface area contributed by atoms with Crippen molar-refractivity contribution in [1.29, 1.82) is 0 Å². The number of hydrogen-bond acceptors (Lipinski definition) is 7. The van der Waals surface area contributed by atoms with Gasteiger partial charge < -0.3 is 10.5 Å². The Morgan fingerprint density at radius 3 is 2.62 bits per heavy atom. The molecule has 1 aromatic carbocycles. The van der Waals surface area contributed by atoms with Crippen LogP contribution in [0.15, 0.2) is 58.1 Å². The van der Waals surface area contributed by atoms with Crippen molar-refractivity contribution < 1.29 is 26.3 Å². The lowest BCUT2D eigenvalue weighted by molar-refractivity contribution is -0.0925. The van der Waals surface area contributed by atoms with E-state index in [0.29, 0.717) is 41.6 Å². The van der Waals surface area contributed by atoms with Crippen LogP contribution in [-0.2, 0) is 14.6 Å². The molecular weight excluding hydrogens is 463 g/mol. The first-order valence-electron chi connectivity index (χ1n) is 9.83. The van der Waals surface area contributed by atoms with Gasteiger partial charge in [0.2, 0.25) is 0 Å². The molecule has 174 valence electrons. The lowest BCUT2D eigenvalue weighted by Crippen LogP contribution is -2.37. The number of allylic oxidation sites excluding steroid dienone is 2. The molecule has 0 saturated carbocycles. The second kappa shape index (κ2) is 10.2. The first kappa shape index (κ1) is 24.4. The van der Waals surface area contributed by atoms with Crippen LogP contribution in [0, 0.1) is 0 Å². The number of sulfone groups is 1. The molecule has 32 heavy (non-hydrogen) atoms. The molecule has 0 aliphatic carbocycles. The van der Waals surface area contributed by atoms with E-state index in [1.54, 1.807) is 30.3 Å². The molecule has 1 aliphatic heterocycles. The molecule has 0 atom stereocenters. The topological polar surface area (TPSA) is 85.0 Å². The van der Waals surface area contributed by atoms with Gasteiger partial charge in [0, 0.05) is 30.8 Å². The summed E-state index contributed by atoms with van der Waals surface area (Å²) >= 11 is 1.23. The van der Waals surface area contributed by atoms with Gasteiger partial charge >= 0.3 is 6.18 Å².